The van der Waals surface area contributed by atoms with Crippen LogP contribution in [0.4, 0.5) is 0 Å². The molecule has 0 N–H and O–H groups in total. The van der Waals surface area contributed by atoms with Crippen molar-refractivity contribution in [3.63, 3.8) is 0 Å². The normalized spacial score (nSPS) is 14.1. The van der Waals surface area contributed by atoms with E-state index in [2.05, 4.69) is 94.4 Å². The van der Waals surface area contributed by atoms with Gasteiger partial charge in [-0.3, -0.25) is 0 Å². The van der Waals surface area contributed by atoms with Crippen molar-refractivity contribution in [2.75, 3.05) is 0 Å². The van der Waals surface area contributed by atoms with Gasteiger partial charge in [0.1, 0.15) is 6.33 Å². The van der Waals surface area contributed by atoms with E-state index in [0.29, 0.717) is 0 Å². The maximum atomic E-state index is 4.79. The quantitative estimate of drug-likeness (QED) is 0.293. The zero-order chi connectivity index (χ0) is 21.3. The van der Waals surface area contributed by atoms with Crippen LogP contribution in [0.25, 0.3) is 44.1 Å². The number of aromatic nitrogens is 2. The molecule has 4 aromatic carbocycles. The van der Waals surface area contributed by atoms with Gasteiger partial charge in [-0.2, -0.15) is 0 Å². The minimum atomic E-state index is -0.167. The van der Waals surface area contributed by atoms with Crippen molar-refractivity contribution < 1.29 is 0 Å². The van der Waals surface area contributed by atoms with Crippen LogP contribution < -0.4 is 0 Å². The Morgan fingerprint density at radius 3 is 2.10 bits per heavy atom. The van der Waals surface area contributed by atoms with Crippen molar-refractivity contribution in [1.82, 2.24) is 9.97 Å². The van der Waals surface area contributed by atoms with Crippen molar-refractivity contribution in [1.29, 1.82) is 0 Å². The van der Waals surface area contributed by atoms with Crippen LogP contribution in [-0.2, 0) is 5.41 Å². The molecule has 1 heterocycles. The van der Waals surface area contributed by atoms with E-state index in [9.17, 15) is 0 Å². The van der Waals surface area contributed by atoms with Gasteiger partial charge in [-0.1, -0.05) is 62.4 Å². The van der Waals surface area contributed by atoms with Gasteiger partial charge in [0.2, 0.25) is 0 Å². The van der Waals surface area contributed by atoms with Crippen LogP contribution in [-0.4, -0.2) is 9.97 Å². The maximum Gasteiger partial charge on any atom is 0.116 e. The fraction of sp³-hybridized carbons (Fsp3) is 0.172. The maximum absolute atomic E-state index is 4.79. The standard InChI is InChI=1S/C29H24N2/c1-17-11-22-14-24-25(15-23(22)12-18(17)2)29(3,4)26-27(30-16-31-28(24)26)21-10-9-19-7-5-6-8-20(19)13-21/h5-16H,1-4H3. The molecule has 31 heavy (non-hydrogen) atoms. The van der Waals surface area contributed by atoms with Crippen LogP contribution in [0.3, 0.4) is 0 Å². The molecule has 2 nitrogen and oxygen atoms in total. The minimum Gasteiger partial charge on any atom is -0.236 e. The van der Waals surface area contributed by atoms with Crippen molar-refractivity contribution >= 4 is 21.5 Å². The molecule has 5 aromatic rings. The second-order valence-electron chi connectivity index (χ2n) is 9.31. The molecule has 2 heteroatoms. The number of aryl methyl sites for hydroxylation is 2. The summed E-state index contributed by atoms with van der Waals surface area (Å²) >= 11 is 0. The lowest BCUT2D eigenvalue weighted by molar-refractivity contribution is 0.658. The Hall–Kier alpha value is -3.52. The number of fused-ring (bicyclic) bond motifs is 5. The number of nitrogens with zero attached hydrogens (tertiary/aromatic N) is 2. The van der Waals surface area contributed by atoms with E-state index in [1.807, 2.05) is 0 Å². The monoisotopic (exact) mass is 400 g/mol. The molecule has 0 amide bonds. The summed E-state index contributed by atoms with van der Waals surface area (Å²) in [6, 6.07) is 24.4. The van der Waals surface area contributed by atoms with Gasteiger partial charge in [-0.25, -0.2) is 9.97 Å². The molecule has 0 unspecified atom stereocenters. The third kappa shape index (κ3) is 2.58. The van der Waals surface area contributed by atoms with E-state index >= 15 is 0 Å². The number of hydrogen-bond donors (Lipinski definition) is 0. The molecule has 1 aliphatic carbocycles. The first kappa shape index (κ1) is 18.3. The molecule has 0 saturated carbocycles. The van der Waals surface area contributed by atoms with E-state index in [1.165, 1.54) is 49.4 Å². The highest BCUT2D eigenvalue weighted by Crippen LogP contribution is 2.51. The molecule has 0 fully saturated rings. The summed E-state index contributed by atoms with van der Waals surface area (Å²) in [6.07, 6.45) is 1.72. The van der Waals surface area contributed by atoms with Gasteiger partial charge in [0.25, 0.3) is 0 Å². The van der Waals surface area contributed by atoms with E-state index in [-0.39, 0.29) is 5.41 Å². The molecule has 0 saturated heterocycles. The second kappa shape index (κ2) is 6.24. The van der Waals surface area contributed by atoms with Gasteiger partial charge >= 0.3 is 0 Å². The summed E-state index contributed by atoms with van der Waals surface area (Å²) in [7, 11) is 0. The molecule has 0 radical (unpaired) electrons. The lowest BCUT2D eigenvalue weighted by Crippen LogP contribution is -2.17. The number of rotatable bonds is 1. The Morgan fingerprint density at radius 1 is 0.645 bits per heavy atom. The van der Waals surface area contributed by atoms with Crippen molar-refractivity contribution in [2.45, 2.75) is 33.1 Å². The van der Waals surface area contributed by atoms with Crippen molar-refractivity contribution in [3.05, 3.63) is 95.3 Å². The summed E-state index contributed by atoms with van der Waals surface area (Å²) in [5.74, 6) is 0. The lowest BCUT2D eigenvalue weighted by atomic mass is 9.80. The van der Waals surface area contributed by atoms with Crippen LogP contribution in [0.2, 0.25) is 0 Å². The molecule has 6 rings (SSSR count). The first-order valence-corrected chi connectivity index (χ1v) is 10.8. The highest BCUT2D eigenvalue weighted by atomic mass is 14.9. The number of hydrogen-bond acceptors (Lipinski definition) is 2. The average Bonchev–Trinajstić information content (AvgIpc) is 2.99. The molecule has 150 valence electrons. The van der Waals surface area contributed by atoms with Crippen molar-refractivity contribution in [2.24, 2.45) is 0 Å². The second-order valence-corrected chi connectivity index (χ2v) is 9.31. The largest absolute Gasteiger partial charge is 0.236 e. The molecular weight excluding hydrogens is 376 g/mol. The summed E-state index contributed by atoms with van der Waals surface area (Å²) in [4.78, 5) is 9.57. The molecule has 1 aliphatic rings. The summed E-state index contributed by atoms with van der Waals surface area (Å²) in [5, 5.41) is 5.05. The molecule has 0 aliphatic heterocycles. The minimum absolute atomic E-state index is 0.167. The molecule has 0 spiro atoms. The van der Waals surface area contributed by atoms with E-state index in [0.717, 1.165) is 17.0 Å². The van der Waals surface area contributed by atoms with Gasteiger partial charge < -0.3 is 0 Å². The fourth-order valence-corrected chi connectivity index (χ4v) is 5.16. The van der Waals surface area contributed by atoms with Gasteiger partial charge in [0.15, 0.2) is 0 Å². The lowest BCUT2D eigenvalue weighted by Gasteiger charge is -2.23. The summed E-state index contributed by atoms with van der Waals surface area (Å²) < 4.78 is 0. The summed E-state index contributed by atoms with van der Waals surface area (Å²) in [6.45, 7) is 8.97. The third-order valence-electron chi connectivity index (χ3n) is 7.01. The highest BCUT2D eigenvalue weighted by molar-refractivity contribution is 5.95. The van der Waals surface area contributed by atoms with E-state index in [4.69, 9.17) is 9.97 Å². The van der Waals surface area contributed by atoms with Gasteiger partial charge in [-0.15, -0.1) is 0 Å². The summed E-state index contributed by atoms with van der Waals surface area (Å²) in [5.41, 5.74) is 9.54. The fourth-order valence-electron chi connectivity index (χ4n) is 5.16. The number of benzene rings is 4. The third-order valence-corrected chi connectivity index (χ3v) is 7.01. The molecular formula is C29H24N2. The van der Waals surface area contributed by atoms with E-state index in [1.54, 1.807) is 6.33 Å². The Morgan fingerprint density at radius 2 is 1.32 bits per heavy atom. The molecule has 0 atom stereocenters. The average molecular weight is 401 g/mol. The Bertz CT molecular complexity index is 1530. The zero-order valence-corrected chi connectivity index (χ0v) is 18.3. The topological polar surface area (TPSA) is 25.8 Å². The van der Waals surface area contributed by atoms with E-state index < -0.39 is 0 Å². The van der Waals surface area contributed by atoms with Gasteiger partial charge in [0.05, 0.1) is 11.4 Å². The Kier molecular flexibility index (Phi) is 3.68. The van der Waals surface area contributed by atoms with Gasteiger partial charge in [-0.05, 0) is 70.3 Å². The van der Waals surface area contributed by atoms with Crippen molar-refractivity contribution in [3.8, 4) is 22.5 Å². The predicted molar refractivity (Wildman–Crippen MR) is 130 cm³/mol. The Balaban J connectivity index is 1.63. The first-order chi connectivity index (χ1) is 14.9. The first-order valence-electron chi connectivity index (χ1n) is 10.8. The molecule has 1 aromatic heterocycles. The van der Waals surface area contributed by atoms with Crippen LogP contribution in [0.15, 0.2) is 73.1 Å². The predicted octanol–water partition coefficient (Wildman–Crippen LogP) is 7.37. The van der Waals surface area contributed by atoms with Crippen LogP contribution in [0.1, 0.15) is 36.1 Å². The van der Waals surface area contributed by atoms with Crippen LogP contribution in [0, 0.1) is 13.8 Å². The van der Waals surface area contributed by atoms with Crippen LogP contribution in [0.5, 0.6) is 0 Å². The molecule has 0 bridgehead atoms. The Labute approximate surface area is 182 Å². The zero-order valence-electron chi connectivity index (χ0n) is 18.3. The van der Waals surface area contributed by atoms with Crippen LogP contribution >= 0.6 is 0 Å². The highest BCUT2D eigenvalue weighted by Gasteiger charge is 2.39. The van der Waals surface area contributed by atoms with Gasteiger partial charge in [0, 0.05) is 22.1 Å². The smallest absolute Gasteiger partial charge is 0.116 e. The SMILES string of the molecule is Cc1cc2cc3c(cc2cc1C)C(C)(C)c1c(-c2ccc4ccccc4c2)ncnc1-3.